The van der Waals surface area contributed by atoms with Gasteiger partial charge in [0.2, 0.25) is 0 Å². The summed E-state index contributed by atoms with van der Waals surface area (Å²) in [7, 11) is 0. The average molecular weight is 381 g/mol. The molecule has 0 saturated carbocycles. The summed E-state index contributed by atoms with van der Waals surface area (Å²) in [6.07, 6.45) is 2.13. The molecule has 0 aromatic heterocycles. The number of rotatable bonds is 6. The molecule has 148 valence electrons. The van der Waals surface area contributed by atoms with Crippen molar-refractivity contribution in [2.24, 2.45) is 5.92 Å². The van der Waals surface area contributed by atoms with Crippen molar-refractivity contribution in [1.82, 2.24) is 4.90 Å². The summed E-state index contributed by atoms with van der Waals surface area (Å²) in [5, 5.41) is 0. The van der Waals surface area contributed by atoms with Crippen LogP contribution in [0.4, 0.5) is 0 Å². The zero-order chi connectivity index (χ0) is 19.9. The number of hydrogen-bond donors (Lipinski definition) is 0. The summed E-state index contributed by atoms with van der Waals surface area (Å²) in [6.45, 7) is 5.74. The van der Waals surface area contributed by atoms with Crippen molar-refractivity contribution >= 4 is 11.9 Å². The smallest absolute Gasteiger partial charge is 0.342 e. The molecule has 5 nitrogen and oxygen atoms in total. The Bertz CT molecular complexity index is 833. The molecule has 0 bridgehead atoms. The van der Waals surface area contributed by atoms with Crippen LogP contribution in [0.3, 0.4) is 0 Å². The SMILES string of the molecule is Cc1cccc(COc2ccccc2C(=O)OCC(=O)N2CCCC(C)C2)c1. The Kier molecular flexibility index (Phi) is 6.69. The van der Waals surface area contributed by atoms with Crippen LogP contribution in [-0.4, -0.2) is 36.5 Å². The van der Waals surface area contributed by atoms with Gasteiger partial charge in [0.25, 0.3) is 5.91 Å². The van der Waals surface area contributed by atoms with Gasteiger partial charge in [-0.15, -0.1) is 0 Å². The molecule has 28 heavy (non-hydrogen) atoms. The highest BCUT2D eigenvalue weighted by Crippen LogP contribution is 2.21. The maximum Gasteiger partial charge on any atom is 0.342 e. The maximum absolute atomic E-state index is 12.5. The molecule has 0 aliphatic carbocycles. The van der Waals surface area contributed by atoms with Gasteiger partial charge in [0.1, 0.15) is 17.9 Å². The van der Waals surface area contributed by atoms with Crippen LogP contribution in [0.2, 0.25) is 0 Å². The Labute approximate surface area is 166 Å². The van der Waals surface area contributed by atoms with E-state index in [1.807, 2.05) is 37.3 Å². The van der Waals surface area contributed by atoms with Crippen LogP contribution >= 0.6 is 0 Å². The normalized spacial score (nSPS) is 16.5. The third-order valence-electron chi connectivity index (χ3n) is 4.92. The Hall–Kier alpha value is -2.82. The number of likely N-dealkylation sites (tertiary alicyclic amines) is 1. The van der Waals surface area contributed by atoms with Gasteiger partial charge in [-0.3, -0.25) is 4.79 Å². The lowest BCUT2D eigenvalue weighted by Gasteiger charge is -2.30. The van der Waals surface area contributed by atoms with Crippen LogP contribution in [0.25, 0.3) is 0 Å². The van der Waals surface area contributed by atoms with Crippen molar-refractivity contribution < 1.29 is 19.1 Å². The molecule has 1 fully saturated rings. The van der Waals surface area contributed by atoms with Crippen LogP contribution in [0.15, 0.2) is 48.5 Å². The summed E-state index contributed by atoms with van der Waals surface area (Å²) in [5.74, 6) is 0.258. The van der Waals surface area contributed by atoms with Crippen molar-refractivity contribution in [2.75, 3.05) is 19.7 Å². The molecule has 1 unspecified atom stereocenters. The topological polar surface area (TPSA) is 55.8 Å². The quantitative estimate of drug-likeness (QED) is 0.710. The predicted octanol–water partition coefficient (Wildman–Crippen LogP) is 3.99. The molecule has 5 heteroatoms. The van der Waals surface area contributed by atoms with E-state index in [9.17, 15) is 9.59 Å². The minimum atomic E-state index is -0.543. The van der Waals surface area contributed by atoms with E-state index in [1.54, 1.807) is 23.1 Å². The summed E-state index contributed by atoms with van der Waals surface area (Å²) in [5.41, 5.74) is 2.51. The van der Waals surface area contributed by atoms with Crippen molar-refractivity contribution in [2.45, 2.75) is 33.3 Å². The van der Waals surface area contributed by atoms with Crippen molar-refractivity contribution in [3.8, 4) is 5.75 Å². The highest BCUT2D eigenvalue weighted by Gasteiger charge is 2.22. The Morgan fingerprint density at radius 1 is 1.14 bits per heavy atom. The largest absolute Gasteiger partial charge is 0.488 e. The third-order valence-corrected chi connectivity index (χ3v) is 4.92. The first kappa shape index (κ1) is 19.9. The lowest BCUT2D eigenvalue weighted by Crippen LogP contribution is -2.41. The standard InChI is InChI=1S/C23H27NO4/c1-17-7-5-9-19(13-17)15-27-21-11-4-3-10-20(21)23(26)28-16-22(25)24-12-6-8-18(2)14-24/h3-5,7,9-11,13,18H,6,8,12,14-16H2,1-2H3. The van der Waals surface area contributed by atoms with Gasteiger partial charge in [-0.2, -0.15) is 0 Å². The number of aryl methyl sites for hydroxylation is 1. The van der Waals surface area contributed by atoms with Crippen molar-refractivity contribution in [3.05, 3.63) is 65.2 Å². The van der Waals surface area contributed by atoms with Crippen LogP contribution in [0, 0.1) is 12.8 Å². The lowest BCUT2D eigenvalue weighted by molar-refractivity contribution is -0.136. The number of carbonyl (C=O) groups excluding carboxylic acids is 2. The van der Waals surface area contributed by atoms with Crippen LogP contribution in [-0.2, 0) is 16.1 Å². The highest BCUT2D eigenvalue weighted by molar-refractivity contribution is 5.94. The minimum Gasteiger partial charge on any atom is -0.488 e. The number of ether oxygens (including phenoxy) is 2. The van der Waals surface area contributed by atoms with E-state index < -0.39 is 5.97 Å². The molecular weight excluding hydrogens is 354 g/mol. The van der Waals surface area contributed by atoms with Gasteiger partial charge >= 0.3 is 5.97 Å². The van der Waals surface area contributed by atoms with E-state index in [-0.39, 0.29) is 12.5 Å². The Morgan fingerprint density at radius 2 is 1.96 bits per heavy atom. The van der Waals surface area contributed by atoms with Gasteiger partial charge < -0.3 is 14.4 Å². The van der Waals surface area contributed by atoms with Crippen molar-refractivity contribution in [3.63, 3.8) is 0 Å². The molecule has 1 aliphatic heterocycles. The summed E-state index contributed by atoms with van der Waals surface area (Å²) < 4.78 is 11.1. The van der Waals surface area contributed by atoms with Gasteiger partial charge in [0.15, 0.2) is 6.61 Å². The fourth-order valence-corrected chi connectivity index (χ4v) is 3.44. The molecule has 1 atom stereocenters. The second-order valence-corrected chi connectivity index (χ2v) is 7.44. The molecule has 2 aromatic rings. The molecule has 0 spiro atoms. The van der Waals surface area contributed by atoms with E-state index in [1.165, 1.54) is 0 Å². The van der Waals surface area contributed by atoms with Gasteiger partial charge in [0.05, 0.1) is 0 Å². The van der Waals surface area contributed by atoms with E-state index >= 15 is 0 Å². The molecule has 1 amide bonds. The molecule has 1 heterocycles. The number of nitrogens with zero attached hydrogens (tertiary/aromatic N) is 1. The zero-order valence-corrected chi connectivity index (χ0v) is 16.5. The number of benzene rings is 2. The summed E-state index contributed by atoms with van der Waals surface area (Å²) in [4.78, 5) is 26.6. The molecule has 1 saturated heterocycles. The number of amides is 1. The number of para-hydroxylation sites is 1. The van der Waals surface area contributed by atoms with Crippen LogP contribution < -0.4 is 4.74 Å². The molecule has 0 N–H and O–H groups in total. The van der Waals surface area contributed by atoms with Gasteiger partial charge in [0, 0.05) is 13.1 Å². The third kappa shape index (κ3) is 5.35. The zero-order valence-electron chi connectivity index (χ0n) is 16.5. The number of hydrogen-bond acceptors (Lipinski definition) is 4. The predicted molar refractivity (Wildman–Crippen MR) is 107 cm³/mol. The summed E-state index contributed by atoms with van der Waals surface area (Å²) in [6, 6.07) is 15.0. The average Bonchev–Trinajstić information content (AvgIpc) is 2.70. The summed E-state index contributed by atoms with van der Waals surface area (Å²) >= 11 is 0. The lowest BCUT2D eigenvalue weighted by atomic mass is 10.0. The van der Waals surface area contributed by atoms with Crippen molar-refractivity contribution in [1.29, 1.82) is 0 Å². The molecule has 1 aliphatic rings. The van der Waals surface area contributed by atoms with E-state index in [4.69, 9.17) is 9.47 Å². The van der Waals surface area contributed by atoms with Gasteiger partial charge in [-0.25, -0.2) is 4.79 Å². The first-order chi connectivity index (χ1) is 13.5. The number of piperidine rings is 1. The number of carbonyl (C=O) groups is 2. The molecular formula is C23H27NO4. The molecule has 3 rings (SSSR count). The molecule has 0 radical (unpaired) electrons. The number of esters is 1. The van der Waals surface area contributed by atoms with E-state index in [0.717, 1.165) is 37.1 Å². The first-order valence-corrected chi connectivity index (χ1v) is 9.75. The fourth-order valence-electron chi connectivity index (χ4n) is 3.44. The van der Waals surface area contributed by atoms with Crippen LogP contribution in [0.1, 0.15) is 41.3 Å². The minimum absolute atomic E-state index is 0.141. The van der Waals surface area contributed by atoms with Crippen LogP contribution in [0.5, 0.6) is 5.75 Å². The maximum atomic E-state index is 12.5. The van der Waals surface area contributed by atoms with Gasteiger partial charge in [-0.1, -0.05) is 48.9 Å². The van der Waals surface area contributed by atoms with Gasteiger partial charge in [-0.05, 0) is 43.4 Å². The molecule has 2 aromatic carbocycles. The first-order valence-electron chi connectivity index (χ1n) is 9.75. The second-order valence-electron chi connectivity index (χ2n) is 7.44. The van der Waals surface area contributed by atoms with E-state index in [0.29, 0.717) is 23.8 Å². The fraction of sp³-hybridized carbons (Fsp3) is 0.391. The monoisotopic (exact) mass is 381 g/mol. The second kappa shape index (κ2) is 9.40. The highest BCUT2D eigenvalue weighted by atomic mass is 16.5. The Balaban J connectivity index is 1.58. The Morgan fingerprint density at radius 3 is 2.75 bits per heavy atom. The van der Waals surface area contributed by atoms with E-state index in [2.05, 4.69) is 6.92 Å².